The zero-order chi connectivity index (χ0) is 26.5. The Morgan fingerprint density at radius 2 is 1.82 bits per heavy atom. The number of nitrogens with one attached hydrogen (secondary N) is 1. The number of hydrogen-bond donors (Lipinski definition) is 1. The molecule has 0 aliphatic carbocycles. The molecule has 4 aromatic rings. The summed E-state index contributed by atoms with van der Waals surface area (Å²) in [5, 5.41) is 3.44. The van der Waals surface area contributed by atoms with E-state index in [2.05, 4.69) is 30.2 Å². The van der Waals surface area contributed by atoms with Crippen molar-refractivity contribution in [1.29, 1.82) is 0 Å². The fourth-order valence-electron chi connectivity index (χ4n) is 6.25. The van der Waals surface area contributed by atoms with Crippen LogP contribution >= 0.6 is 0 Å². The van der Waals surface area contributed by atoms with Crippen LogP contribution in [-0.4, -0.2) is 51.4 Å². The first-order chi connectivity index (χ1) is 19.1. The van der Waals surface area contributed by atoms with Crippen molar-refractivity contribution in [1.82, 2.24) is 19.9 Å². The maximum Gasteiger partial charge on any atom is 0.226 e. The van der Waals surface area contributed by atoms with Gasteiger partial charge in [0.15, 0.2) is 5.82 Å². The molecule has 0 saturated carbocycles. The molecule has 0 amide bonds. The number of fused-ring (bicyclic) bond motifs is 6. The van der Waals surface area contributed by atoms with Crippen LogP contribution < -0.4 is 15.0 Å². The minimum atomic E-state index is 0.402. The van der Waals surface area contributed by atoms with Crippen LogP contribution in [0, 0.1) is 25.7 Å². The Bertz CT molecular complexity index is 1570. The minimum Gasteiger partial charge on any atom is -0.457 e. The summed E-state index contributed by atoms with van der Waals surface area (Å²) in [5.41, 5.74) is 5.32. The van der Waals surface area contributed by atoms with Crippen molar-refractivity contribution in [3.63, 3.8) is 0 Å². The average Bonchev–Trinajstić information content (AvgIpc) is 3.67. The second-order valence-corrected chi connectivity index (χ2v) is 10.7. The Morgan fingerprint density at radius 1 is 1.00 bits per heavy atom. The highest BCUT2D eigenvalue weighted by Gasteiger charge is 2.53. The van der Waals surface area contributed by atoms with Gasteiger partial charge < -0.3 is 19.7 Å². The van der Waals surface area contributed by atoms with Gasteiger partial charge in [0, 0.05) is 42.9 Å². The van der Waals surface area contributed by atoms with Crippen LogP contribution in [0.4, 0.5) is 23.1 Å². The first-order valence-electron chi connectivity index (χ1n) is 13.6. The number of benzene rings is 2. The van der Waals surface area contributed by atoms with E-state index in [0.29, 0.717) is 40.9 Å². The van der Waals surface area contributed by atoms with Gasteiger partial charge in [-0.15, -0.1) is 0 Å². The number of nitrogens with zero attached hydrogens (tertiary/aromatic N) is 6. The van der Waals surface area contributed by atoms with E-state index in [0.717, 1.165) is 53.0 Å². The van der Waals surface area contributed by atoms with Gasteiger partial charge in [-0.25, -0.2) is 19.9 Å². The van der Waals surface area contributed by atoms with Crippen molar-refractivity contribution in [3.8, 4) is 11.5 Å². The minimum absolute atomic E-state index is 0.402. The number of anilines is 3. The van der Waals surface area contributed by atoms with Crippen LogP contribution in [0.15, 0.2) is 53.9 Å². The molecule has 0 spiro atoms. The summed E-state index contributed by atoms with van der Waals surface area (Å²) in [4.78, 5) is 25.2. The number of rotatable bonds is 6. The molecule has 0 radical (unpaired) electrons. The molecule has 4 atom stereocenters. The Balaban J connectivity index is 1.12. The molecule has 3 fully saturated rings. The van der Waals surface area contributed by atoms with Gasteiger partial charge in [0.2, 0.25) is 5.95 Å². The van der Waals surface area contributed by atoms with Gasteiger partial charge >= 0.3 is 0 Å². The first kappa shape index (κ1) is 24.0. The monoisotopic (exact) mass is 521 g/mol. The van der Waals surface area contributed by atoms with Crippen molar-refractivity contribution >= 4 is 40.4 Å². The van der Waals surface area contributed by atoms with E-state index < -0.39 is 0 Å². The summed E-state index contributed by atoms with van der Waals surface area (Å²) < 4.78 is 12.3. The standard InChI is InChI=1S/C30H31N7O2/c1-4-31-23-12-20(7-5-17(23)2)38-25-8-6-19(11-18(25)3)35-29-28-24(33-16-34-29)13-32-30(36-28)37-14-21-22(15-37)27-10-9-26(21)39-27/h4-8,11-13,16,21-22,26-27H,9-10,14-15H2,1-3H3,(H,33,34,35)/b31-4-. The molecule has 5 heterocycles. The van der Waals surface area contributed by atoms with Crippen LogP contribution in [-0.2, 0) is 4.74 Å². The zero-order valence-electron chi connectivity index (χ0n) is 22.3. The number of hydrogen-bond acceptors (Lipinski definition) is 9. The molecule has 9 heteroatoms. The summed E-state index contributed by atoms with van der Waals surface area (Å²) in [6.07, 6.45) is 8.30. The molecular weight excluding hydrogens is 490 g/mol. The van der Waals surface area contributed by atoms with Crippen LogP contribution in [0.1, 0.15) is 30.9 Å². The van der Waals surface area contributed by atoms with Gasteiger partial charge in [-0.3, -0.25) is 4.99 Å². The average molecular weight is 522 g/mol. The quantitative estimate of drug-likeness (QED) is 0.313. The molecule has 3 saturated heterocycles. The fourth-order valence-corrected chi connectivity index (χ4v) is 6.25. The lowest BCUT2D eigenvalue weighted by atomic mass is 9.82. The molecule has 2 aromatic heterocycles. The molecule has 2 bridgehead atoms. The zero-order valence-corrected chi connectivity index (χ0v) is 22.3. The molecule has 3 aliphatic heterocycles. The number of aromatic nitrogens is 4. The lowest BCUT2D eigenvalue weighted by Crippen LogP contribution is -2.26. The Hall–Kier alpha value is -4.11. The van der Waals surface area contributed by atoms with Crippen LogP contribution in [0.3, 0.4) is 0 Å². The highest BCUT2D eigenvalue weighted by atomic mass is 16.5. The van der Waals surface area contributed by atoms with Gasteiger partial charge in [0.1, 0.15) is 28.9 Å². The third-order valence-corrected chi connectivity index (χ3v) is 8.21. The summed E-state index contributed by atoms with van der Waals surface area (Å²) in [6, 6.07) is 11.9. The SMILES string of the molecule is C/C=N\c1cc(Oc2ccc(Nc3ncnc4cnc(N5CC6C7CCC(O7)C6C5)nc34)cc2C)ccc1C. The number of aliphatic imine (C=N–C) groups is 1. The predicted octanol–water partition coefficient (Wildman–Crippen LogP) is 5.91. The second kappa shape index (κ2) is 9.57. The van der Waals surface area contributed by atoms with Gasteiger partial charge in [0.05, 0.1) is 24.1 Å². The molecule has 3 aliphatic rings. The normalized spacial score (nSPS) is 23.6. The molecule has 1 N–H and O–H groups in total. The maximum atomic E-state index is 6.19. The van der Waals surface area contributed by atoms with E-state index >= 15 is 0 Å². The summed E-state index contributed by atoms with van der Waals surface area (Å²) in [6.45, 7) is 7.87. The van der Waals surface area contributed by atoms with E-state index in [-0.39, 0.29) is 0 Å². The summed E-state index contributed by atoms with van der Waals surface area (Å²) in [5.74, 6) is 4.09. The maximum absolute atomic E-state index is 6.19. The molecule has 4 unspecified atom stereocenters. The predicted molar refractivity (Wildman–Crippen MR) is 152 cm³/mol. The highest BCUT2D eigenvalue weighted by molar-refractivity contribution is 5.87. The van der Waals surface area contributed by atoms with Gasteiger partial charge in [-0.2, -0.15) is 0 Å². The van der Waals surface area contributed by atoms with Crippen molar-refractivity contribution in [2.24, 2.45) is 16.8 Å². The molecule has 2 aromatic carbocycles. The third-order valence-electron chi connectivity index (χ3n) is 8.21. The molecular formula is C30H31N7O2. The van der Waals surface area contributed by atoms with Gasteiger partial charge in [0.25, 0.3) is 0 Å². The van der Waals surface area contributed by atoms with E-state index in [1.807, 2.05) is 57.2 Å². The number of ether oxygens (including phenoxy) is 2. The van der Waals surface area contributed by atoms with Crippen molar-refractivity contribution in [2.75, 3.05) is 23.3 Å². The molecule has 7 rings (SSSR count). The fraction of sp³-hybridized carbons (Fsp3) is 0.367. The van der Waals surface area contributed by atoms with Gasteiger partial charge in [-0.1, -0.05) is 6.07 Å². The third kappa shape index (κ3) is 4.36. The Labute approximate surface area is 227 Å². The summed E-state index contributed by atoms with van der Waals surface area (Å²) >= 11 is 0. The van der Waals surface area contributed by atoms with Crippen LogP contribution in [0.5, 0.6) is 11.5 Å². The van der Waals surface area contributed by atoms with Crippen molar-refractivity contribution in [3.05, 3.63) is 60.0 Å². The molecule has 198 valence electrons. The van der Waals surface area contributed by atoms with E-state index in [9.17, 15) is 0 Å². The van der Waals surface area contributed by atoms with Gasteiger partial charge in [-0.05, 0) is 69.0 Å². The van der Waals surface area contributed by atoms with E-state index in [1.165, 1.54) is 12.8 Å². The van der Waals surface area contributed by atoms with E-state index in [1.54, 1.807) is 18.7 Å². The van der Waals surface area contributed by atoms with Crippen molar-refractivity contribution < 1.29 is 9.47 Å². The second-order valence-electron chi connectivity index (χ2n) is 10.7. The Kier molecular flexibility index (Phi) is 5.88. The topological polar surface area (TPSA) is 97.6 Å². The molecule has 9 nitrogen and oxygen atoms in total. The number of aryl methyl sites for hydroxylation is 2. The largest absolute Gasteiger partial charge is 0.457 e. The summed E-state index contributed by atoms with van der Waals surface area (Å²) in [7, 11) is 0. The Morgan fingerprint density at radius 3 is 2.59 bits per heavy atom. The highest BCUT2D eigenvalue weighted by Crippen LogP contribution is 2.47. The van der Waals surface area contributed by atoms with E-state index in [4.69, 9.17) is 14.5 Å². The lowest BCUT2D eigenvalue weighted by Gasteiger charge is -2.19. The lowest BCUT2D eigenvalue weighted by molar-refractivity contribution is 0.0849. The first-order valence-corrected chi connectivity index (χ1v) is 13.6. The smallest absolute Gasteiger partial charge is 0.226 e. The molecule has 39 heavy (non-hydrogen) atoms. The van der Waals surface area contributed by atoms with Crippen LogP contribution in [0.2, 0.25) is 0 Å². The van der Waals surface area contributed by atoms with Crippen molar-refractivity contribution in [2.45, 2.75) is 45.8 Å². The van der Waals surface area contributed by atoms with Crippen LogP contribution in [0.25, 0.3) is 11.0 Å².